The fourth-order valence-electron chi connectivity index (χ4n) is 3.79. The molecule has 3 heterocycles. The van der Waals surface area contributed by atoms with E-state index in [-0.39, 0.29) is 11.5 Å². The molecule has 0 bridgehead atoms. The van der Waals surface area contributed by atoms with E-state index in [0.29, 0.717) is 35.9 Å². The van der Waals surface area contributed by atoms with Gasteiger partial charge in [0.05, 0.1) is 30.6 Å². The minimum atomic E-state index is -0.699. The van der Waals surface area contributed by atoms with Crippen LogP contribution in [0.1, 0.15) is 39.0 Å². The standard InChI is InChI=1S/C22H23N3O5/c1-12-17(19(26)21(28)24-22(3)10-29-11-22)13(2)25(4)18(12)20(27)23-15-5-6-16-14(9-15)7-8-30-16/h5-9H,10-11H2,1-4H3,(H,23,27)(H,24,28). The highest BCUT2D eigenvalue weighted by Gasteiger charge is 2.38. The van der Waals surface area contributed by atoms with Gasteiger partial charge in [-0.05, 0) is 50.6 Å². The summed E-state index contributed by atoms with van der Waals surface area (Å²) in [4.78, 5) is 38.3. The molecule has 1 saturated heterocycles. The summed E-state index contributed by atoms with van der Waals surface area (Å²) in [6.07, 6.45) is 1.58. The minimum absolute atomic E-state index is 0.245. The minimum Gasteiger partial charge on any atom is -0.464 e. The van der Waals surface area contributed by atoms with Gasteiger partial charge in [0.1, 0.15) is 11.3 Å². The normalized spacial score (nSPS) is 14.9. The van der Waals surface area contributed by atoms with Crippen LogP contribution in [0.5, 0.6) is 0 Å². The zero-order chi connectivity index (χ0) is 21.6. The summed E-state index contributed by atoms with van der Waals surface area (Å²) in [5, 5.41) is 6.45. The van der Waals surface area contributed by atoms with Crippen LogP contribution < -0.4 is 10.6 Å². The van der Waals surface area contributed by atoms with Crippen LogP contribution in [-0.2, 0) is 16.6 Å². The van der Waals surface area contributed by atoms with Crippen molar-refractivity contribution in [1.82, 2.24) is 9.88 Å². The Hall–Kier alpha value is -3.39. The number of carbonyl (C=O) groups is 3. The molecule has 0 saturated carbocycles. The molecule has 2 amide bonds. The number of amides is 2. The van der Waals surface area contributed by atoms with Crippen LogP contribution >= 0.6 is 0 Å². The number of hydrogen-bond donors (Lipinski definition) is 2. The summed E-state index contributed by atoms with van der Waals surface area (Å²) < 4.78 is 12.1. The fraction of sp³-hybridized carbons (Fsp3) is 0.318. The molecule has 0 atom stereocenters. The lowest BCUT2D eigenvalue weighted by atomic mass is 9.99. The van der Waals surface area contributed by atoms with E-state index in [1.54, 1.807) is 43.9 Å². The van der Waals surface area contributed by atoms with Crippen LogP contribution in [0, 0.1) is 13.8 Å². The zero-order valence-electron chi connectivity index (χ0n) is 17.3. The molecule has 2 aromatic heterocycles. The van der Waals surface area contributed by atoms with Gasteiger partial charge in [-0.2, -0.15) is 0 Å². The van der Waals surface area contributed by atoms with Crippen molar-refractivity contribution in [1.29, 1.82) is 0 Å². The third-order valence-corrected chi connectivity index (χ3v) is 5.55. The topological polar surface area (TPSA) is 103 Å². The third kappa shape index (κ3) is 3.29. The summed E-state index contributed by atoms with van der Waals surface area (Å²) >= 11 is 0. The molecule has 3 aromatic rings. The van der Waals surface area contributed by atoms with E-state index < -0.39 is 17.2 Å². The van der Waals surface area contributed by atoms with Gasteiger partial charge in [-0.25, -0.2) is 0 Å². The van der Waals surface area contributed by atoms with Crippen LogP contribution in [0.3, 0.4) is 0 Å². The Bertz CT molecular complexity index is 1180. The number of fused-ring (bicyclic) bond motifs is 1. The van der Waals surface area contributed by atoms with E-state index in [1.807, 2.05) is 19.1 Å². The second kappa shape index (κ2) is 7.14. The molecule has 4 rings (SSSR count). The van der Waals surface area contributed by atoms with Gasteiger partial charge < -0.3 is 24.4 Å². The van der Waals surface area contributed by atoms with Crippen molar-refractivity contribution in [2.45, 2.75) is 26.3 Å². The van der Waals surface area contributed by atoms with Gasteiger partial charge in [-0.1, -0.05) is 0 Å². The summed E-state index contributed by atoms with van der Waals surface area (Å²) in [6.45, 7) is 5.95. The van der Waals surface area contributed by atoms with Gasteiger partial charge in [0.25, 0.3) is 17.6 Å². The molecule has 1 aliphatic heterocycles. The zero-order valence-corrected chi connectivity index (χ0v) is 17.3. The molecule has 1 aliphatic rings. The Morgan fingerprint density at radius 2 is 1.87 bits per heavy atom. The first-order valence-corrected chi connectivity index (χ1v) is 9.59. The highest BCUT2D eigenvalue weighted by molar-refractivity contribution is 6.43. The number of carbonyl (C=O) groups excluding carboxylic acids is 3. The van der Waals surface area contributed by atoms with Crippen molar-refractivity contribution in [3.05, 3.63) is 53.0 Å². The molecule has 30 heavy (non-hydrogen) atoms. The van der Waals surface area contributed by atoms with E-state index in [4.69, 9.17) is 9.15 Å². The lowest BCUT2D eigenvalue weighted by Crippen LogP contribution is -2.61. The predicted octanol–water partition coefficient (Wildman–Crippen LogP) is 2.73. The Labute approximate surface area is 173 Å². The highest BCUT2D eigenvalue weighted by Crippen LogP contribution is 2.25. The number of nitrogens with zero attached hydrogens (tertiary/aromatic N) is 1. The number of hydrogen-bond acceptors (Lipinski definition) is 5. The maximum Gasteiger partial charge on any atom is 0.293 e. The van der Waals surface area contributed by atoms with Crippen molar-refractivity contribution >= 4 is 34.3 Å². The largest absolute Gasteiger partial charge is 0.464 e. The summed E-state index contributed by atoms with van der Waals surface area (Å²) in [5.41, 5.74) is 2.39. The Kier molecular flexibility index (Phi) is 4.74. The number of aromatic nitrogens is 1. The number of benzene rings is 1. The smallest absolute Gasteiger partial charge is 0.293 e. The molecule has 156 valence electrons. The molecule has 0 aliphatic carbocycles. The van der Waals surface area contributed by atoms with Gasteiger partial charge in [0.2, 0.25) is 0 Å². The number of anilines is 1. The van der Waals surface area contributed by atoms with Crippen LogP contribution in [0.2, 0.25) is 0 Å². The molecule has 1 fully saturated rings. The number of Topliss-reactive ketones (excluding diaryl/α,β-unsaturated/α-hetero) is 1. The van der Waals surface area contributed by atoms with E-state index in [1.165, 1.54) is 0 Å². The van der Waals surface area contributed by atoms with Gasteiger partial charge in [0.15, 0.2) is 0 Å². The number of ketones is 1. The number of ether oxygens (including phenoxy) is 1. The summed E-state index contributed by atoms with van der Waals surface area (Å²) in [7, 11) is 1.70. The second-order valence-electron chi connectivity index (χ2n) is 7.96. The SMILES string of the molecule is Cc1c(C(=O)C(=O)NC2(C)COC2)c(C)n(C)c1C(=O)Nc1ccc2occc2c1. The number of furan rings is 1. The quantitative estimate of drug-likeness (QED) is 0.498. The molecule has 0 spiro atoms. The van der Waals surface area contributed by atoms with Crippen molar-refractivity contribution < 1.29 is 23.5 Å². The molecule has 1 aromatic carbocycles. The first-order valence-electron chi connectivity index (χ1n) is 9.59. The maximum atomic E-state index is 13.0. The van der Waals surface area contributed by atoms with Gasteiger partial charge in [-0.15, -0.1) is 0 Å². The Balaban J connectivity index is 1.60. The lowest BCUT2D eigenvalue weighted by molar-refractivity contribution is -0.126. The average molecular weight is 409 g/mol. The van der Waals surface area contributed by atoms with Crippen LogP contribution in [0.15, 0.2) is 34.9 Å². The van der Waals surface area contributed by atoms with E-state index in [0.717, 1.165) is 11.0 Å². The first kappa shape index (κ1) is 19.9. The number of nitrogens with one attached hydrogen (secondary N) is 2. The van der Waals surface area contributed by atoms with Gasteiger partial charge in [0, 0.05) is 23.8 Å². The van der Waals surface area contributed by atoms with Crippen molar-refractivity contribution in [3.8, 4) is 0 Å². The second-order valence-corrected chi connectivity index (χ2v) is 7.96. The monoisotopic (exact) mass is 409 g/mol. The summed E-state index contributed by atoms with van der Waals surface area (Å²) in [5.74, 6) is -1.72. The molecule has 2 N–H and O–H groups in total. The summed E-state index contributed by atoms with van der Waals surface area (Å²) in [6, 6.07) is 7.14. The van der Waals surface area contributed by atoms with Crippen molar-refractivity contribution in [2.75, 3.05) is 18.5 Å². The Morgan fingerprint density at radius 3 is 2.53 bits per heavy atom. The van der Waals surface area contributed by atoms with E-state index in [2.05, 4.69) is 10.6 Å². The third-order valence-electron chi connectivity index (χ3n) is 5.55. The molecule has 0 unspecified atom stereocenters. The van der Waals surface area contributed by atoms with Gasteiger partial charge in [-0.3, -0.25) is 14.4 Å². The molecule has 8 heteroatoms. The molecular formula is C22H23N3O5. The number of rotatable bonds is 5. The first-order chi connectivity index (χ1) is 14.2. The average Bonchev–Trinajstić information content (AvgIpc) is 3.22. The molecule has 8 nitrogen and oxygen atoms in total. The fourth-order valence-corrected chi connectivity index (χ4v) is 3.79. The highest BCUT2D eigenvalue weighted by atomic mass is 16.5. The molecule has 0 radical (unpaired) electrons. The molecular weight excluding hydrogens is 386 g/mol. The van der Waals surface area contributed by atoms with Crippen LogP contribution in [0.4, 0.5) is 5.69 Å². The lowest BCUT2D eigenvalue weighted by Gasteiger charge is -2.38. The van der Waals surface area contributed by atoms with Crippen molar-refractivity contribution in [2.24, 2.45) is 7.05 Å². The van der Waals surface area contributed by atoms with E-state index in [9.17, 15) is 14.4 Å². The van der Waals surface area contributed by atoms with Crippen molar-refractivity contribution in [3.63, 3.8) is 0 Å². The van der Waals surface area contributed by atoms with Crippen LogP contribution in [-0.4, -0.2) is 40.9 Å². The van der Waals surface area contributed by atoms with E-state index >= 15 is 0 Å². The predicted molar refractivity (Wildman–Crippen MR) is 111 cm³/mol. The Morgan fingerprint density at radius 1 is 1.13 bits per heavy atom. The van der Waals surface area contributed by atoms with Crippen LogP contribution in [0.25, 0.3) is 11.0 Å². The van der Waals surface area contributed by atoms with Gasteiger partial charge >= 0.3 is 0 Å². The maximum absolute atomic E-state index is 13.0.